The van der Waals surface area contributed by atoms with Gasteiger partial charge in [-0.2, -0.15) is 13.2 Å². The highest BCUT2D eigenvalue weighted by molar-refractivity contribution is 5.80. The van der Waals surface area contributed by atoms with Gasteiger partial charge in [0.25, 0.3) is 0 Å². The molecule has 0 atom stereocenters. The summed E-state index contributed by atoms with van der Waals surface area (Å²) in [5.41, 5.74) is 0. The molecule has 0 fully saturated rings. The van der Waals surface area contributed by atoms with Crippen LogP contribution in [0.4, 0.5) is 13.2 Å². The van der Waals surface area contributed by atoms with Crippen molar-refractivity contribution in [1.29, 1.82) is 0 Å². The zero-order chi connectivity index (χ0) is 11.0. The third-order valence-corrected chi connectivity index (χ3v) is 1.35. The molecule has 5 heteroatoms. The molecule has 0 saturated carbocycles. The molecule has 0 aromatic heterocycles. The van der Waals surface area contributed by atoms with E-state index in [4.69, 9.17) is 0 Å². The predicted octanol–water partition coefficient (Wildman–Crippen LogP) is 1.51. The molecule has 0 unspecified atom stereocenters. The first-order valence-electron chi connectivity index (χ1n) is 4.14. The summed E-state index contributed by atoms with van der Waals surface area (Å²) in [6, 6.07) is 0. The first-order chi connectivity index (χ1) is 6.45. The number of ketones is 1. The summed E-state index contributed by atoms with van der Waals surface area (Å²) in [7, 11) is 0. The minimum absolute atomic E-state index is 0.200. The van der Waals surface area contributed by atoms with Crippen LogP contribution in [0.15, 0.2) is 0 Å². The molecule has 0 bridgehead atoms. The van der Waals surface area contributed by atoms with E-state index in [0.717, 1.165) is 0 Å². The Morgan fingerprint density at radius 3 is 2.57 bits per heavy atom. The summed E-state index contributed by atoms with van der Waals surface area (Å²) >= 11 is 0. The Labute approximate surface area is 80.9 Å². The van der Waals surface area contributed by atoms with Crippen LogP contribution in [0.25, 0.3) is 0 Å². The average molecular weight is 207 g/mol. The summed E-state index contributed by atoms with van der Waals surface area (Å²) in [4.78, 5) is 10.9. The maximum absolute atomic E-state index is 11.6. The van der Waals surface area contributed by atoms with Crippen LogP contribution in [0.2, 0.25) is 0 Å². The van der Waals surface area contributed by atoms with Gasteiger partial charge in [0, 0.05) is 12.8 Å². The summed E-state index contributed by atoms with van der Waals surface area (Å²) in [5, 5.41) is 2.03. The number of Topliss-reactive ketones (excluding diaryl/α,β-unsaturated/α-hetero) is 1. The maximum Gasteiger partial charge on any atom is 0.401 e. The number of carbonyl (C=O) groups is 1. The number of alkyl halides is 3. The predicted molar refractivity (Wildman–Crippen MR) is 46.6 cm³/mol. The van der Waals surface area contributed by atoms with E-state index in [1.807, 2.05) is 5.32 Å². The fourth-order valence-electron chi connectivity index (χ4n) is 0.759. The number of rotatable bonds is 5. The largest absolute Gasteiger partial charge is 0.401 e. The molecular weight excluding hydrogens is 195 g/mol. The molecule has 0 aromatic rings. The summed E-state index contributed by atoms with van der Waals surface area (Å²) in [5.74, 6) is 5.01. The van der Waals surface area contributed by atoms with Gasteiger partial charge in [0.1, 0.15) is 5.78 Å². The lowest BCUT2D eigenvalue weighted by Crippen LogP contribution is -2.32. The second-order valence-corrected chi connectivity index (χ2v) is 2.68. The van der Waals surface area contributed by atoms with Gasteiger partial charge in [0.05, 0.1) is 13.1 Å². The fourth-order valence-corrected chi connectivity index (χ4v) is 0.759. The zero-order valence-corrected chi connectivity index (χ0v) is 7.87. The average Bonchev–Trinajstić information content (AvgIpc) is 2.02. The monoisotopic (exact) mass is 207 g/mol. The van der Waals surface area contributed by atoms with Crippen molar-refractivity contribution in [2.24, 2.45) is 0 Å². The van der Waals surface area contributed by atoms with E-state index in [2.05, 4.69) is 11.8 Å². The topological polar surface area (TPSA) is 29.1 Å². The van der Waals surface area contributed by atoms with Crippen LogP contribution < -0.4 is 5.32 Å². The van der Waals surface area contributed by atoms with Gasteiger partial charge in [0.15, 0.2) is 0 Å². The molecule has 0 aliphatic carbocycles. The molecule has 0 heterocycles. The standard InChI is InChI=1S/C9H12F3NO/c1-2-3-4-5-8(14)6-13-7-9(10,11)12/h13H,4-7H2,1H3. The van der Waals surface area contributed by atoms with Gasteiger partial charge in [-0.05, 0) is 6.92 Å². The van der Waals surface area contributed by atoms with E-state index in [9.17, 15) is 18.0 Å². The van der Waals surface area contributed by atoms with Crippen molar-refractivity contribution < 1.29 is 18.0 Å². The van der Waals surface area contributed by atoms with Crippen molar-refractivity contribution in [2.75, 3.05) is 13.1 Å². The SMILES string of the molecule is CC#CCCC(=O)CNCC(F)(F)F. The second kappa shape index (κ2) is 6.44. The molecule has 0 rings (SSSR count). The van der Waals surface area contributed by atoms with Gasteiger partial charge >= 0.3 is 6.18 Å². The normalized spacial score (nSPS) is 10.6. The molecular formula is C9H12F3NO. The van der Waals surface area contributed by atoms with Crippen molar-refractivity contribution >= 4 is 5.78 Å². The molecule has 0 saturated heterocycles. The molecule has 0 aliphatic rings. The second-order valence-electron chi connectivity index (χ2n) is 2.68. The highest BCUT2D eigenvalue weighted by Crippen LogP contribution is 2.11. The zero-order valence-electron chi connectivity index (χ0n) is 7.87. The Morgan fingerprint density at radius 1 is 1.43 bits per heavy atom. The van der Waals surface area contributed by atoms with Crippen molar-refractivity contribution in [3.63, 3.8) is 0 Å². The number of halogens is 3. The molecule has 80 valence electrons. The number of carbonyl (C=O) groups excluding carboxylic acids is 1. The van der Waals surface area contributed by atoms with Crippen molar-refractivity contribution in [3.05, 3.63) is 0 Å². The number of nitrogens with one attached hydrogen (secondary N) is 1. The first-order valence-corrected chi connectivity index (χ1v) is 4.14. The van der Waals surface area contributed by atoms with Crippen LogP contribution in [0.5, 0.6) is 0 Å². The lowest BCUT2D eigenvalue weighted by molar-refractivity contribution is -0.127. The van der Waals surface area contributed by atoms with Gasteiger partial charge in [-0.3, -0.25) is 4.79 Å². The van der Waals surface area contributed by atoms with Crippen LogP contribution in [-0.2, 0) is 4.79 Å². The molecule has 2 nitrogen and oxygen atoms in total. The summed E-state index contributed by atoms with van der Waals surface area (Å²) < 4.78 is 34.8. The number of hydrogen-bond donors (Lipinski definition) is 1. The van der Waals surface area contributed by atoms with Crippen LogP contribution in [-0.4, -0.2) is 25.0 Å². The van der Waals surface area contributed by atoms with E-state index in [0.29, 0.717) is 6.42 Å². The summed E-state index contributed by atoms with van der Waals surface area (Å²) in [6.07, 6.45) is -3.65. The molecule has 0 amide bonds. The number of hydrogen-bond acceptors (Lipinski definition) is 2. The summed E-state index contributed by atoms with van der Waals surface area (Å²) in [6.45, 7) is 0.273. The maximum atomic E-state index is 11.6. The van der Waals surface area contributed by atoms with E-state index in [1.165, 1.54) is 0 Å². The minimum Gasteiger partial charge on any atom is -0.302 e. The highest BCUT2D eigenvalue weighted by atomic mass is 19.4. The van der Waals surface area contributed by atoms with E-state index in [-0.39, 0.29) is 18.7 Å². The van der Waals surface area contributed by atoms with Gasteiger partial charge in [0.2, 0.25) is 0 Å². The lowest BCUT2D eigenvalue weighted by atomic mass is 10.2. The van der Waals surface area contributed by atoms with E-state index < -0.39 is 12.7 Å². The Kier molecular flexibility index (Phi) is 5.97. The van der Waals surface area contributed by atoms with E-state index in [1.54, 1.807) is 6.92 Å². The van der Waals surface area contributed by atoms with Crippen molar-refractivity contribution in [1.82, 2.24) is 5.32 Å². The van der Waals surface area contributed by atoms with Crippen LogP contribution in [0.3, 0.4) is 0 Å². The molecule has 0 radical (unpaired) electrons. The third-order valence-electron chi connectivity index (χ3n) is 1.35. The molecule has 14 heavy (non-hydrogen) atoms. The first kappa shape index (κ1) is 13.0. The molecule has 0 spiro atoms. The van der Waals surface area contributed by atoms with Gasteiger partial charge in [-0.1, -0.05) is 0 Å². The quantitative estimate of drug-likeness (QED) is 0.692. The van der Waals surface area contributed by atoms with E-state index >= 15 is 0 Å². The smallest absolute Gasteiger partial charge is 0.302 e. The van der Waals surface area contributed by atoms with Crippen molar-refractivity contribution in [3.8, 4) is 11.8 Å². The Morgan fingerprint density at radius 2 is 2.07 bits per heavy atom. The van der Waals surface area contributed by atoms with Crippen LogP contribution in [0, 0.1) is 11.8 Å². The molecule has 1 N–H and O–H groups in total. The highest BCUT2D eigenvalue weighted by Gasteiger charge is 2.26. The Bertz CT molecular complexity index is 237. The Balaban J connectivity index is 3.48. The Hall–Kier alpha value is -1.02. The van der Waals surface area contributed by atoms with Crippen molar-refractivity contribution in [2.45, 2.75) is 25.9 Å². The minimum atomic E-state index is -4.26. The molecule has 0 aliphatic heterocycles. The fraction of sp³-hybridized carbons (Fsp3) is 0.667. The lowest BCUT2D eigenvalue weighted by Gasteiger charge is -2.06. The van der Waals surface area contributed by atoms with Crippen LogP contribution in [0.1, 0.15) is 19.8 Å². The van der Waals surface area contributed by atoms with Gasteiger partial charge in [-0.25, -0.2) is 0 Å². The van der Waals surface area contributed by atoms with Crippen LogP contribution >= 0.6 is 0 Å². The third kappa shape index (κ3) is 9.07. The van der Waals surface area contributed by atoms with Gasteiger partial charge in [-0.15, -0.1) is 11.8 Å². The van der Waals surface area contributed by atoms with Gasteiger partial charge < -0.3 is 5.32 Å². The molecule has 0 aromatic carbocycles.